The van der Waals surface area contributed by atoms with Crippen molar-refractivity contribution in [2.75, 3.05) is 0 Å². The quantitative estimate of drug-likeness (QED) is 0.149. The summed E-state index contributed by atoms with van der Waals surface area (Å²) in [6, 6.07) is 25.4. The molecule has 5 rings (SSSR count). The standard InChI is InChI=1S/C35H33ClN2O5/c1-3-5-28(6-4-2)38-32-18-12-25(35(41)42)20-31(32)37-33(38)23-9-15-29(16-10-23)43-21-26-19-24(34(39)40)11-17-30(26)22-7-13-27(36)14-8-22/h7-20,28H,3-6,21H2,1-2H3,(H,39,40)(H,41,42). The Kier molecular flexibility index (Phi) is 9.12. The summed E-state index contributed by atoms with van der Waals surface area (Å²) in [6.07, 6.45) is 4.01. The van der Waals surface area contributed by atoms with Crippen molar-refractivity contribution in [1.82, 2.24) is 9.55 Å². The molecule has 1 aromatic heterocycles. The zero-order chi connectivity index (χ0) is 30.5. The highest BCUT2D eigenvalue weighted by Gasteiger charge is 2.21. The molecule has 0 spiro atoms. The lowest BCUT2D eigenvalue weighted by Crippen LogP contribution is -2.10. The van der Waals surface area contributed by atoms with Gasteiger partial charge in [0.15, 0.2) is 0 Å². The topological polar surface area (TPSA) is 102 Å². The summed E-state index contributed by atoms with van der Waals surface area (Å²) in [5.74, 6) is -0.571. The van der Waals surface area contributed by atoms with Gasteiger partial charge in [0, 0.05) is 16.6 Å². The maximum Gasteiger partial charge on any atom is 0.335 e. The van der Waals surface area contributed by atoms with Crippen LogP contribution in [0, 0.1) is 0 Å². The lowest BCUT2D eigenvalue weighted by Gasteiger charge is -2.21. The van der Waals surface area contributed by atoms with Gasteiger partial charge in [-0.1, -0.05) is 56.5 Å². The predicted molar refractivity (Wildman–Crippen MR) is 169 cm³/mol. The normalized spacial score (nSPS) is 11.3. The molecule has 0 radical (unpaired) electrons. The molecule has 0 aliphatic carbocycles. The van der Waals surface area contributed by atoms with Crippen LogP contribution in [-0.4, -0.2) is 31.7 Å². The Labute approximate surface area is 255 Å². The number of hydrogen-bond donors (Lipinski definition) is 2. The van der Waals surface area contributed by atoms with Gasteiger partial charge in [-0.3, -0.25) is 0 Å². The molecule has 43 heavy (non-hydrogen) atoms. The summed E-state index contributed by atoms with van der Waals surface area (Å²) in [6.45, 7) is 4.51. The molecule has 0 fully saturated rings. The van der Waals surface area contributed by atoms with Gasteiger partial charge in [-0.2, -0.15) is 0 Å². The third kappa shape index (κ3) is 6.57. The van der Waals surface area contributed by atoms with E-state index in [9.17, 15) is 19.8 Å². The smallest absolute Gasteiger partial charge is 0.335 e. The zero-order valence-corrected chi connectivity index (χ0v) is 24.8. The Balaban J connectivity index is 1.46. The van der Waals surface area contributed by atoms with E-state index in [-0.39, 0.29) is 23.8 Å². The summed E-state index contributed by atoms with van der Waals surface area (Å²) in [5, 5.41) is 19.7. The SMILES string of the molecule is CCCC(CCC)n1c(-c2ccc(OCc3cc(C(=O)O)ccc3-c3ccc(Cl)cc3)cc2)nc2cc(C(=O)O)ccc21. The van der Waals surface area contributed by atoms with Gasteiger partial charge in [-0.15, -0.1) is 0 Å². The predicted octanol–water partition coefficient (Wildman–Crippen LogP) is 9.14. The van der Waals surface area contributed by atoms with Gasteiger partial charge in [-0.25, -0.2) is 14.6 Å². The van der Waals surface area contributed by atoms with E-state index in [0.29, 0.717) is 16.3 Å². The number of hydrogen-bond acceptors (Lipinski definition) is 4. The molecule has 0 saturated heterocycles. The van der Waals surface area contributed by atoms with E-state index in [0.717, 1.165) is 59.3 Å². The highest BCUT2D eigenvalue weighted by molar-refractivity contribution is 6.30. The molecule has 0 aliphatic heterocycles. The van der Waals surface area contributed by atoms with E-state index in [1.165, 1.54) is 0 Å². The first-order chi connectivity index (χ1) is 20.8. The summed E-state index contributed by atoms with van der Waals surface area (Å²) in [4.78, 5) is 28.2. The van der Waals surface area contributed by atoms with Crippen molar-refractivity contribution in [2.45, 2.75) is 52.2 Å². The molecule has 2 N–H and O–H groups in total. The van der Waals surface area contributed by atoms with Crippen LogP contribution in [0.4, 0.5) is 0 Å². The van der Waals surface area contributed by atoms with E-state index in [2.05, 4.69) is 18.4 Å². The highest BCUT2D eigenvalue weighted by Crippen LogP contribution is 2.34. The number of aromatic carboxylic acids is 2. The second-order valence-corrected chi connectivity index (χ2v) is 11.0. The zero-order valence-electron chi connectivity index (χ0n) is 24.1. The van der Waals surface area contributed by atoms with Crippen LogP contribution in [0.3, 0.4) is 0 Å². The largest absolute Gasteiger partial charge is 0.489 e. The van der Waals surface area contributed by atoms with Crippen molar-refractivity contribution in [3.8, 4) is 28.3 Å². The number of nitrogens with zero attached hydrogens (tertiary/aromatic N) is 2. The van der Waals surface area contributed by atoms with E-state index in [1.807, 2.05) is 42.5 Å². The molecule has 0 bridgehead atoms. The monoisotopic (exact) mass is 596 g/mol. The number of aromatic nitrogens is 2. The third-order valence-corrected chi connectivity index (χ3v) is 7.81. The van der Waals surface area contributed by atoms with E-state index >= 15 is 0 Å². The van der Waals surface area contributed by atoms with Gasteiger partial charge >= 0.3 is 11.9 Å². The fourth-order valence-corrected chi connectivity index (χ4v) is 5.62. The van der Waals surface area contributed by atoms with Crippen LogP contribution in [0.5, 0.6) is 5.75 Å². The molecule has 5 aromatic rings. The Bertz CT molecular complexity index is 1750. The highest BCUT2D eigenvalue weighted by atomic mass is 35.5. The summed E-state index contributed by atoms with van der Waals surface area (Å²) in [7, 11) is 0. The van der Waals surface area contributed by atoms with Gasteiger partial charge in [0.2, 0.25) is 0 Å². The van der Waals surface area contributed by atoms with Gasteiger partial charge < -0.3 is 19.5 Å². The molecule has 0 amide bonds. The second kappa shape index (κ2) is 13.1. The first kappa shape index (κ1) is 29.9. The summed E-state index contributed by atoms with van der Waals surface area (Å²) >= 11 is 6.07. The van der Waals surface area contributed by atoms with E-state index < -0.39 is 11.9 Å². The van der Waals surface area contributed by atoms with Crippen molar-refractivity contribution < 1.29 is 24.5 Å². The molecule has 220 valence electrons. The van der Waals surface area contributed by atoms with E-state index in [4.69, 9.17) is 21.3 Å². The second-order valence-electron chi connectivity index (χ2n) is 10.5. The van der Waals surface area contributed by atoms with Gasteiger partial charge in [-0.05, 0) is 96.3 Å². The van der Waals surface area contributed by atoms with Crippen LogP contribution >= 0.6 is 11.6 Å². The Hall–Kier alpha value is -4.62. The summed E-state index contributed by atoms with van der Waals surface area (Å²) < 4.78 is 8.40. The van der Waals surface area contributed by atoms with Crippen molar-refractivity contribution in [1.29, 1.82) is 0 Å². The molecule has 1 heterocycles. The van der Waals surface area contributed by atoms with Crippen molar-refractivity contribution in [2.24, 2.45) is 0 Å². The fourth-order valence-electron chi connectivity index (χ4n) is 5.49. The number of fused-ring (bicyclic) bond motifs is 1. The first-order valence-electron chi connectivity index (χ1n) is 14.4. The number of rotatable bonds is 12. The molecule has 4 aromatic carbocycles. The Morgan fingerprint density at radius 2 is 1.42 bits per heavy atom. The van der Waals surface area contributed by atoms with Crippen LogP contribution in [0.25, 0.3) is 33.5 Å². The molecule has 0 saturated carbocycles. The van der Waals surface area contributed by atoms with Crippen LogP contribution in [0.15, 0.2) is 84.9 Å². The van der Waals surface area contributed by atoms with Gasteiger partial charge in [0.1, 0.15) is 18.2 Å². The number of carboxylic acids is 2. The number of carboxylic acid groups (broad SMARTS) is 2. The lowest BCUT2D eigenvalue weighted by atomic mass is 9.98. The maximum absolute atomic E-state index is 11.7. The number of imidazole rings is 1. The third-order valence-electron chi connectivity index (χ3n) is 7.56. The first-order valence-corrected chi connectivity index (χ1v) is 14.8. The Morgan fingerprint density at radius 1 is 0.814 bits per heavy atom. The average Bonchev–Trinajstić information content (AvgIpc) is 3.39. The number of ether oxygens (including phenoxy) is 1. The number of halogens is 1. The number of carbonyl (C=O) groups is 2. The summed E-state index contributed by atoms with van der Waals surface area (Å²) in [5.41, 5.74) is 5.38. The maximum atomic E-state index is 11.7. The van der Waals surface area contributed by atoms with Crippen molar-refractivity contribution >= 4 is 34.6 Å². The van der Waals surface area contributed by atoms with Crippen molar-refractivity contribution in [3.05, 3.63) is 107 Å². The van der Waals surface area contributed by atoms with E-state index in [1.54, 1.807) is 42.5 Å². The molecule has 0 atom stereocenters. The number of benzene rings is 4. The lowest BCUT2D eigenvalue weighted by molar-refractivity contribution is 0.0686. The minimum Gasteiger partial charge on any atom is -0.489 e. The van der Waals surface area contributed by atoms with Crippen LogP contribution in [0.2, 0.25) is 5.02 Å². The molecule has 0 aliphatic rings. The molecular formula is C35H33ClN2O5. The fraction of sp³-hybridized carbons (Fsp3) is 0.229. The Morgan fingerprint density at radius 3 is 2.05 bits per heavy atom. The van der Waals surface area contributed by atoms with Crippen molar-refractivity contribution in [3.63, 3.8) is 0 Å². The van der Waals surface area contributed by atoms with Crippen LogP contribution in [0.1, 0.15) is 71.9 Å². The minimum atomic E-state index is -1.00. The molecular weight excluding hydrogens is 564 g/mol. The molecule has 8 heteroatoms. The minimum absolute atomic E-state index is 0.171. The van der Waals surface area contributed by atoms with Gasteiger partial charge in [0.25, 0.3) is 0 Å². The molecule has 7 nitrogen and oxygen atoms in total. The average molecular weight is 597 g/mol. The molecule has 0 unspecified atom stereocenters. The van der Waals surface area contributed by atoms with Crippen LogP contribution < -0.4 is 4.74 Å². The van der Waals surface area contributed by atoms with Gasteiger partial charge in [0.05, 0.1) is 22.2 Å². The van der Waals surface area contributed by atoms with Crippen LogP contribution in [-0.2, 0) is 6.61 Å².